The van der Waals surface area contributed by atoms with Gasteiger partial charge in [-0.05, 0) is 31.9 Å². The highest BCUT2D eigenvalue weighted by Gasteiger charge is 2.40. The number of pyridine rings is 1. The third kappa shape index (κ3) is 3.27. The molecule has 1 fully saturated rings. The molecule has 0 aliphatic carbocycles. The van der Waals surface area contributed by atoms with Crippen LogP contribution in [0, 0.1) is 11.8 Å². The molecule has 134 valence electrons. The predicted octanol–water partition coefficient (Wildman–Crippen LogP) is 0.522. The van der Waals surface area contributed by atoms with Gasteiger partial charge in [-0.3, -0.25) is 10.1 Å². The molecule has 0 spiro atoms. The zero-order valence-corrected chi connectivity index (χ0v) is 14.3. The van der Waals surface area contributed by atoms with Gasteiger partial charge < -0.3 is 19.8 Å². The number of urea groups is 1. The summed E-state index contributed by atoms with van der Waals surface area (Å²) in [4.78, 5) is 27.5. The number of hydrogen-bond acceptors (Lipinski definition) is 8. The van der Waals surface area contributed by atoms with E-state index in [9.17, 15) is 9.59 Å². The Hall–Kier alpha value is -3.61. The van der Waals surface area contributed by atoms with Crippen molar-refractivity contribution >= 4 is 18.0 Å². The molecule has 2 aromatic heterocycles. The molecule has 3 heterocycles. The minimum absolute atomic E-state index is 0.213. The number of hydrogen-bond donors (Lipinski definition) is 3. The van der Waals surface area contributed by atoms with Crippen LogP contribution < -0.4 is 20.7 Å². The number of aromatic nitrogens is 3. The van der Waals surface area contributed by atoms with Crippen LogP contribution in [0.1, 0.15) is 19.5 Å². The zero-order valence-electron chi connectivity index (χ0n) is 14.3. The highest BCUT2D eigenvalue weighted by molar-refractivity contribution is 6.08. The molecule has 0 bridgehead atoms. The van der Waals surface area contributed by atoms with Gasteiger partial charge >= 0.3 is 12.0 Å². The normalized spacial score (nSPS) is 18.6. The van der Waals surface area contributed by atoms with Gasteiger partial charge in [-0.1, -0.05) is 11.0 Å². The number of amides is 3. The fourth-order valence-corrected chi connectivity index (χ4v) is 2.18. The first-order valence-electron chi connectivity index (χ1n) is 7.74. The van der Waals surface area contributed by atoms with E-state index in [4.69, 9.17) is 9.15 Å². The van der Waals surface area contributed by atoms with E-state index >= 15 is 0 Å². The van der Waals surface area contributed by atoms with Gasteiger partial charge in [-0.15, -0.1) is 5.10 Å². The van der Waals surface area contributed by atoms with Crippen LogP contribution in [0.5, 0.6) is 5.75 Å². The van der Waals surface area contributed by atoms with E-state index in [0.717, 1.165) is 0 Å². The minimum atomic E-state index is -1.34. The van der Waals surface area contributed by atoms with Crippen molar-refractivity contribution in [3.05, 3.63) is 17.8 Å². The lowest BCUT2D eigenvalue weighted by molar-refractivity contribution is -0.121. The Bertz CT molecular complexity index is 928. The topological polar surface area (TPSA) is 131 Å². The Kier molecular flexibility index (Phi) is 4.45. The maximum Gasteiger partial charge on any atom is 0.323 e. The van der Waals surface area contributed by atoms with E-state index in [0.29, 0.717) is 18.0 Å². The summed E-state index contributed by atoms with van der Waals surface area (Å²) >= 11 is 0. The fraction of sp³-hybridized carbons (Fsp3) is 0.312. The van der Waals surface area contributed by atoms with E-state index < -0.39 is 17.5 Å². The molecular weight excluding hydrogens is 340 g/mol. The van der Waals surface area contributed by atoms with Crippen LogP contribution in [-0.4, -0.2) is 46.3 Å². The second-order valence-corrected chi connectivity index (χ2v) is 5.47. The smallest absolute Gasteiger partial charge is 0.323 e. The lowest BCUT2D eigenvalue weighted by Gasteiger charge is -2.11. The Morgan fingerprint density at radius 1 is 1.35 bits per heavy atom. The molecule has 26 heavy (non-hydrogen) atoms. The summed E-state index contributed by atoms with van der Waals surface area (Å²) in [6.07, 6.45) is 0. The Morgan fingerprint density at radius 2 is 2.15 bits per heavy atom. The van der Waals surface area contributed by atoms with Crippen LogP contribution in [0.3, 0.4) is 0 Å². The van der Waals surface area contributed by atoms with Crippen molar-refractivity contribution < 1.29 is 18.7 Å². The van der Waals surface area contributed by atoms with Crippen LogP contribution in [0.4, 0.5) is 10.8 Å². The first-order chi connectivity index (χ1) is 12.4. The van der Waals surface area contributed by atoms with Crippen LogP contribution in [0.15, 0.2) is 16.5 Å². The average Bonchev–Trinajstić information content (AvgIpc) is 3.18. The molecule has 0 saturated carbocycles. The van der Waals surface area contributed by atoms with E-state index in [-0.39, 0.29) is 17.6 Å². The maximum absolute atomic E-state index is 11.8. The highest BCUT2D eigenvalue weighted by Crippen LogP contribution is 2.23. The first-order valence-corrected chi connectivity index (χ1v) is 7.74. The molecule has 0 unspecified atom stereocenters. The number of nitrogens with one attached hydrogen (secondary N) is 3. The second-order valence-electron chi connectivity index (χ2n) is 5.47. The number of carbonyl (C=O) groups excluding carboxylic acids is 2. The second kappa shape index (κ2) is 6.72. The van der Waals surface area contributed by atoms with Gasteiger partial charge in [0.15, 0.2) is 17.0 Å². The molecule has 10 nitrogen and oxygen atoms in total. The summed E-state index contributed by atoms with van der Waals surface area (Å²) < 4.78 is 10.7. The van der Waals surface area contributed by atoms with Crippen LogP contribution in [0.2, 0.25) is 0 Å². The summed E-state index contributed by atoms with van der Waals surface area (Å²) in [6.45, 7) is 4.04. The molecule has 1 aliphatic heterocycles. The number of ether oxygens (including phenoxy) is 1. The van der Waals surface area contributed by atoms with Gasteiger partial charge in [0.1, 0.15) is 5.69 Å². The van der Waals surface area contributed by atoms with Crippen molar-refractivity contribution in [2.75, 3.05) is 19.0 Å². The third-order valence-electron chi connectivity index (χ3n) is 3.53. The van der Waals surface area contributed by atoms with E-state index in [1.165, 1.54) is 14.0 Å². The summed E-state index contributed by atoms with van der Waals surface area (Å²) in [5, 5.41) is 15.3. The summed E-state index contributed by atoms with van der Waals surface area (Å²) in [7, 11) is 1.48. The molecule has 0 aromatic carbocycles. The molecular formula is C16H16N6O4. The SMILES string of the molecule is CCNc1nnc(-c2ccc(OC)c(C#C[C@]3(C)NC(=O)NC3=O)n2)o1. The van der Waals surface area contributed by atoms with Gasteiger partial charge in [0.05, 0.1) is 7.11 Å². The van der Waals surface area contributed by atoms with Crippen molar-refractivity contribution in [1.29, 1.82) is 0 Å². The molecule has 2 aromatic rings. The van der Waals surface area contributed by atoms with Crippen molar-refractivity contribution in [1.82, 2.24) is 25.8 Å². The Labute approximate surface area is 148 Å². The monoisotopic (exact) mass is 356 g/mol. The van der Waals surface area contributed by atoms with Gasteiger partial charge in [0.2, 0.25) is 0 Å². The quantitative estimate of drug-likeness (QED) is 0.534. The number of imide groups is 1. The average molecular weight is 356 g/mol. The molecule has 1 atom stereocenters. The lowest BCUT2D eigenvalue weighted by atomic mass is 10.0. The van der Waals surface area contributed by atoms with E-state index in [2.05, 4.69) is 43.0 Å². The minimum Gasteiger partial charge on any atom is -0.494 e. The first kappa shape index (κ1) is 17.2. The van der Waals surface area contributed by atoms with Gasteiger partial charge in [-0.25, -0.2) is 9.78 Å². The molecule has 1 saturated heterocycles. The number of methoxy groups -OCH3 is 1. The fourth-order valence-electron chi connectivity index (χ4n) is 2.18. The Balaban J connectivity index is 1.95. The van der Waals surface area contributed by atoms with E-state index in [1.54, 1.807) is 12.1 Å². The Morgan fingerprint density at radius 3 is 2.81 bits per heavy atom. The number of carbonyl (C=O) groups is 2. The van der Waals surface area contributed by atoms with Crippen molar-refractivity contribution in [3.8, 4) is 29.2 Å². The van der Waals surface area contributed by atoms with Crippen LogP contribution in [0.25, 0.3) is 11.6 Å². The largest absolute Gasteiger partial charge is 0.494 e. The highest BCUT2D eigenvalue weighted by atomic mass is 16.5. The number of nitrogens with zero attached hydrogens (tertiary/aromatic N) is 3. The lowest BCUT2D eigenvalue weighted by Crippen LogP contribution is -2.42. The maximum atomic E-state index is 11.8. The van der Waals surface area contributed by atoms with Crippen LogP contribution in [-0.2, 0) is 4.79 Å². The molecule has 3 amide bonds. The molecule has 1 aliphatic rings. The van der Waals surface area contributed by atoms with Crippen molar-refractivity contribution in [3.63, 3.8) is 0 Å². The molecule has 3 rings (SSSR count). The van der Waals surface area contributed by atoms with Crippen molar-refractivity contribution in [2.45, 2.75) is 19.4 Å². The molecule has 3 N–H and O–H groups in total. The zero-order chi connectivity index (χ0) is 18.7. The van der Waals surface area contributed by atoms with Gasteiger partial charge in [-0.2, -0.15) is 0 Å². The van der Waals surface area contributed by atoms with Gasteiger partial charge in [0.25, 0.3) is 11.8 Å². The van der Waals surface area contributed by atoms with E-state index in [1.807, 2.05) is 6.92 Å². The number of rotatable bonds is 4. The van der Waals surface area contributed by atoms with Crippen LogP contribution >= 0.6 is 0 Å². The summed E-state index contributed by atoms with van der Waals surface area (Å²) in [5.41, 5.74) is -0.678. The summed E-state index contributed by atoms with van der Waals surface area (Å²) in [5.74, 6) is 5.58. The molecule has 0 radical (unpaired) electrons. The third-order valence-corrected chi connectivity index (χ3v) is 3.53. The van der Waals surface area contributed by atoms with Gasteiger partial charge in [0, 0.05) is 6.54 Å². The number of anilines is 1. The summed E-state index contributed by atoms with van der Waals surface area (Å²) in [6, 6.07) is 2.99. The standard InChI is InChI=1S/C16H16N6O4/c1-4-17-15-22-21-12(26-15)10-5-6-11(25-3)9(18-10)7-8-16(2)13(23)19-14(24)20-16/h5-6H,4H2,1-3H3,(H,17,22)(H2,19,20,23,24)/t16-/m0/s1. The predicted molar refractivity (Wildman–Crippen MR) is 90.2 cm³/mol. The molecule has 10 heteroatoms. The van der Waals surface area contributed by atoms with Crippen molar-refractivity contribution in [2.24, 2.45) is 0 Å².